The molecule has 1 aromatic heterocycles. The highest BCUT2D eigenvalue weighted by molar-refractivity contribution is 5.75. The van der Waals surface area contributed by atoms with Crippen LogP contribution in [0.5, 0.6) is 0 Å². The van der Waals surface area contributed by atoms with E-state index < -0.39 is 0 Å². The molecule has 35 heavy (non-hydrogen) atoms. The minimum atomic E-state index is 0.0745. The van der Waals surface area contributed by atoms with Crippen LogP contribution in [-0.2, 0) is 6.42 Å². The minimum absolute atomic E-state index is 0.0745. The molecule has 4 saturated carbocycles. The lowest BCUT2D eigenvalue weighted by Crippen LogP contribution is -2.63. The summed E-state index contributed by atoms with van der Waals surface area (Å²) in [6.07, 6.45) is 8.63. The first-order chi connectivity index (χ1) is 16.9. The Balaban J connectivity index is 1.13. The van der Waals surface area contributed by atoms with Crippen LogP contribution in [0, 0.1) is 38.5 Å². The molecule has 6 heteroatoms. The maximum Gasteiger partial charge on any atom is 0.317 e. The molecule has 0 radical (unpaired) electrons. The summed E-state index contributed by atoms with van der Waals surface area (Å²) in [7, 11) is 0. The SMILES string of the molecule is Cc1ccc(Cc2c(C)nc(C)nc2N2CCN(C(=O)NC34CC5CC(CC(C5)C3)C4)CC2)cc1. The van der Waals surface area contributed by atoms with Crippen molar-refractivity contribution < 1.29 is 4.79 Å². The predicted octanol–water partition coefficient (Wildman–Crippen LogP) is 4.79. The van der Waals surface area contributed by atoms with E-state index in [2.05, 4.69) is 53.3 Å². The zero-order chi connectivity index (χ0) is 24.2. The third-order valence-corrected chi connectivity index (χ3v) is 9.08. The number of nitrogens with zero attached hydrogens (tertiary/aromatic N) is 4. The highest BCUT2D eigenvalue weighted by Gasteiger charge is 2.51. The molecule has 0 spiro atoms. The maximum atomic E-state index is 13.3. The van der Waals surface area contributed by atoms with Crippen LogP contribution < -0.4 is 10.2 Å². The second-order valence-electron chi connectivity index (χ2n) is 11.9. The number of carbonyl (C=O) groups is 1. The van der Waals surface area contributed by atoms with Crippen molar-refractivity contribution in [2.75, 3.05) is 31.1 Å². The topological polar surface area (TPSA) is 61.4 Å². The summed E-state index contributed by atoms with van der Waals surface area (Å²) >= 11 is 0. The van der Waals surface area contributed by atoms with Crippen molar-refractivity contribution in [1.82, 2.24) is 20.2 Å². The molecule has 1 saturated heterocycles. The van der Waals surface area contributed by atoms with E-state index in [9.17, 15) is 4.79 Å². The van der Waals surface area contributed by atoms with Gasteiger partial charge in [-0.1, -0.05) is 29.8 Å². The number of amides is 2. The van der Waals surface area contributed by atoms with E-state index >= 15 is 0 Å². The van der Waals surface area contributed by atoms with Gasteiger partial charge < -0.3 is 15.1 Å². The summed E-state index contributed by atoms with van der Waals surface area (Å²) in [6, 6.07) is 8.89. The standard InChI is InChI=1S/C29H39N5O/c1-19-4-6-22(7-5-19)15-26-20(2)30-21(3)31-27(26)33-8-10-34(11-9-33)28(35)32-29-16-23-12-24(17-29)14-25(13-23)18-29/h4-7,23-25H,8-18H2,1-3H3,(H,32,35). The summed E-state index contributed by atoms with van der Waals surface area (Å²) in [5, 5.41) is 3.56. The molecule has 1 aromatic carbocycles. The highest BCUT2D eigenvalue weighted by Crippen LogP contribution is 2.55. The Morgan fingerprint density at radius 1 is 0.914 bits per heavy atom. The van der Waals surface area contributed by atoms with E-state index in [-0.39, 0.29) is 11.6 Å². The quantitative estimate of drug-likeness (QED) is 0.693. The number of nitrogens with one attached hydrogen (secondary N) is 1. The number of hydrogen-bond donors (Lipinski definition) is 1. The molecule has 6 nitrogen and oxygen atoms in total. The largest absolute Gasteiger partial charge is 0.353 e. The summed E-state index contributed by atoms with van der Waals surface area (Å²) in [6.45, 7) is 9.29. The molecule has 1 N–H and O–H groups in total. The van der Waals surface area contributed by atoms with Gasteiger partial charge in [-0.3, -0.25) is 0 Å². The molecule has 186 valence electrons. The summed E-state index contributed by atoms with van der Waals surface area (Å²) in [4.78, 5) is 27.3. The van der Waals surface area contributed by atoms with Crippen LogP contribution in [0.4, 0.5) is 10.6 Å². The molecule has 0 atom stereocenters. The fourth-order valence-electron chi connectivity index (χ4n) is 7.79. The van der Waals surface area contributed by atoms with Crippen molar-refractivity contribution in [2.45, 2.75) is 71.3 Å². The Bertz CT molecular complexity index is 1070. The van der Waals surface area contributed by atoms with E-state index in [0.717, 1.165) is 67.7 Å². The monoisotopic (exact) mass is 473 g/mol. The van der Waals surface area contributed by atoms with Crippen LogP contribution >= 0.6 is 0 Å². The first-order valence-corrected chi connectivity index (χ1v) is 13.6. The van der Waals surface area contributed by atoms with E-state index in [4.69, 9.17) is 4.98 Å². The first-order valence-electron chi connectivity index (χ1n) is 13.6. The van der Waals surface area contributed by atoms with Gasteiger partial charge in [0.1, 0.15) is 11.6 Å². The number of aryl methyl sites for hydroxylation is 3. The van der Waals surface area contributed by atoms with Gasteiger partial charge in [0, 0.05) is 49.4 Å². The molecule has 4 aliphatic carbocycles. The van der Waals surface area contributed by atoms with Gasteiger partial charge in [-0.15, -0.1) is 0 Å². The van der Waals surface area contributed by atoms with Gasteiger partial charge >= 0.3 is 6.03 Å². The summed E-state index contributed by atoms with van der Waals surface area (Å²) < 4.78 is 0. The van der Waals surface area contributed by atoms with E-state index in [1.54, 1.807) is 0 Å². The maximum absolute atomic E-state index is 13.3. The number of aromatic nitrogens is 2. The van der Waals surface area contributed by atoms with Gasteiger partial charge in [0.25, 0.3) is 0 Å². The molecule has 0 unspecified atom stereocenters. The van der Waals surface area contributed by atoms with Crippen LogP contribution in [0.2, 0.25) is 0 Å². The van der Waals surface area contributed by atoms with E-state index in [0.29, 0.717) is 0 Å². The van der Waals surface area contributed by atoms with Crippen LogP contribution in [0.25, 0.3) is 0 Å². The second kappa shape index (κ2) is 8.79. The molecule has 1 aliphatic heterocycles. The molecule has 2 heterocycles. The number of carbonyl (C=O) groups excluding carboxylic acids is 1. The number of anilines is 1. The molecular weight excluding hydrogens is 434 g/mol. The predicted molar refractivity (Wildman–Crippen MR) is 139 cm³/mol. The van der Waals surface area contributed by atoms with E-state index in [1.807, 2.05) is 11.8 Å². The van der Waals surface area contributed by atoms with Crippen molar-refractivity contribution in [1.29, 1.82) is 0 Å². The normalized spacial score (nSPS) is 29.5. The van der Waals surface area contributed by atoms with Crippen molar-refractivity contribution in [3.8, 4) is 0 Å². The van der Waals surface area contributed by atoms with Crippen LogP contribution in [-0.4, -0.2) is 52.6 Å². The Kier molecular flexibility index (Phi) is 5.73. The van der Waals surface area contributed by atoms with Gasteiger partial charge in [0.05, 0.1) is 0 Å². The fraction of sp³-hybridized carbons (Fsp3) is 0.621. The Morgan fingerprint density at radius 3 is 2.11 bits per heavy atom. The zero-order valence-corrected chi connectivity index (χ0v) is 21.5. The Labute approximate surface area is 209 Å². The van der Waals surface area contributed by atoms with Gasteiger partial charge in [-0.05, 0) is 82.6 Å². The lowest BCUT2D eigenvalue weighted by molar-refractivity contribution is -0.0157. The number of hydrogen-bond acceptors (Lipinski definition) is 4. The van der Waals surface area contributed by atoms with Crippen molar-refractivity contribution in [3.05, 3.63) is 52.5 Å². The summed E-state index contributed by atoms with van der Waals surface area (Å²) in [5.41, 5.74) is 4.88. The van der Waals surface area contributed by atoms with Crippen molar-refractivity contribution >= 4 is 11.8 Å². The third-order valence-electron chi connectivity index (χ3n) is 9.08. The summed E-state index contributed by atoms with van der Waals surface area (Å²) in [5.74, 6) is 4.38. The molecule has 5 aliphatic rings. The Hall–Kier alpha value is -2.63. The Morgan fingerprint density at radius 2 is 1.51 bits per heavy atom. The molecular formula is C29H39N5O. The van der Waals surface area contributed by atoms with Crippen LogP contribution in [0.15, 0.2) is 24.3 Å². The van der Waals surface area contributed by atoms with Crippen molar-refractivity contribution in [3.63, 3.8) is 0 Å². The first kappa shape index (κ1) is 22.8. The lowest BCUT2D eigenvalue weighted by atomic mass is 9.53. The zero-order valence-electron chi connectivity index (χ0n) is 21.5. The molecule has 4 bridgehead atoms. The number of benzene rings is 1. The number of piperazine rings is 1. The van der Waals surface area contributed by atoms with E-state index in [1.165, 1.54) is 55.2 Å². The molecule has 5 fully saturated rings. The minimum Gasteiger partial charge on any atom is -0.353 e. The van der Waals surface area contributed by atoms with Crippen molar-refractivity contribution in [2.24, 2.45) is 17.8 Å². The van der Waals surface area contributed by atoms with Gasteiger partial charge in [0.15, 0.2) is 0 Å². The average Bonchev–Trinajstić information content (AvgIpc) is 2.81. The highest BCUT2D eigenvalue weighted by atomic mass is 16.2. The van der Waals surface area contributed by atoms with Crippen LogP contribution in [0.3, 0.4) is 0 Å². The fourth-order valence-corrected chi connectivity index (χ4v) is 7.79. The number of urea groups is 1. The second-order valence-corrected chi connectivity index (χ2v) is 11.9. The van der Waals surface area contributed by atoms with Gasteiger partial charge in [-0.25, -0.2) is 14.8 Å². The number of rotatable bonds is 4. The molecule has 2 aromatic rings. The van der Waals surface area contributed by atoms with Gasteiger partial charge in [0.2, 0.25) is 0 Å². The third kappa shape index (κ3) is 4.52. The molecule has 7 rings (SSSR count). The van der Waals surface area contributed by atoms with Crippen LogP contribution in [0.1, 0.15) is 66.7 Å². The lowest BCUT2D eigenvalue weighted by Gasteiger charge is -2.57. The average molecular weight is 474 g/mol. The smallest absolute Gasteiger partial charge is 0.317 e. The van der Waals surface area contributed by atoms with Gasteiger partial charge in [-0.2, -0.15) is 0 Å². The molecule has 2 amide bonds.